The van der Waals surface area contributed by atoms with E-state index in [4.69, 9.17) is 0 Å². The molecule has 0 bridgehead atoms. The minimum atomic E-state index is 0.148. The highest BCUT2D eigenvalue weighted by Crippen LogP contribution is 2.21. The lowest BCUT2D eigenvalue weighted by Gasteiger charge is -2.10. The Morgan fingerprint density at radius 3 is 2.93 bits per heavy atom. The molecular weight excluding hydrogens is 196 g/mol. The topological polar surface area (TPSA) is 42.7 Å². The highest BCUT2D eigenvalue weighted by molar-refractivity contribution is 7.08. The predicted octanol–water partition coefficient (Wildman–Crippen LogP) is 1.19. The van der Waals surface area contributed by atoms with Crippen LogP contribution in [-0.2, 0) is 7.05 Å². The Hall–Kier alpha value is -1.20. The maximum Gasteiger partial charge on any atom is 0.104 e. The van der Waals surface area contributed by atoms with Crippen LogP contribution < -0.4 is 5.32 Å². The molecule has 0 radical (unpaired) electrons. The van der Waals surface area contributed by atoms with Crippen LogP contribution in [0.4, 0.5) is 0 Å². The summed E-state index contributed by atoms with van der Waals surface area (Å²) >= 11 is 1.69. The molecule has 0 fully saturated rings. The van der Waals surface area contributed by atoms with Gasteiger partial charge in [-0.15, -0.1) is 5.10 Å². The summed E-state index contributed by atoms with van der Waals surface area (Å²) in [6, 6.07) is 2.25. The van der Waals surface area contributed by atoms with Crippen LogP contribution in [0.25, 0.3) is 0 Å². The van der Waals surface area contributed by atoms with E-state index in [-0.39, 0.29) is 6.04 Å². The van der Waals surface area contributed by atoms with Gasteiger partial charge in [0.05, 0.1) is 12.2 Å². The highest BCUT2D eigenvalue weighted by Gasteiger charge is 2.15. The maximum absolute atomic E-state index is 4.10. The molecule has 0 saturated heterocycles. The molecule has 74 valence electrons. The van der Waals surface area contributed by atoms with Gasteiger partial charge >= 0.3 is 0 Å². The van der Waals surface area contributed by atoms with Crippen LogP contribution in [0.3, 0.4) is 0 Å². The Morgan fingerprint density at radius 2 is 2.43 bits per heavy atom. The van der Waals surface area contributed by atoms with Gasteiger partial charge in [0.15, 0.2) is 0 Å². The summed E-state index contributed by atoms with van der Waals surface area (Å²) < 4.78 is 1.71. The van der Waals surface area contributed by atoms with E-state index in [0.717, 1.165) is 5.69 Å². The molecule has 1 unspecified atom stereocenters. The second-order valence-electron chi connectivity index (χ2n) is 3.10. The van der Waals surface area contributed by atoms with E-state index < -0.39 is 0 Å². The van der Waals surface area contributed by atoms with Gasteiger partial charge in [-0.05, 0) is 29.4 Å². The largest absolute Gasteiger partial charge is 0.308 e. The Bertz CT molecular complexity index is 393. The third-order valence-electron chi connectivity index (χ3n) is 2.08. The minimum Gasteiger partial charge on any atom is -0.308 e. The minimum absolute atomic E-state index is 0.148. The first kappa shape index (κ1) is 9.36. The molecule has 14 heavy (non-hydrogen) atoms. The van der Waals surface area contributed by atoms with Gasteiger partial charge in [0.1, 0.15) is 5.69 Å². The summed E-state index contributed by atoms with van der Waals surface area (Å²) in [6.45, 7) is 0. The first-order chi connectivity index (χ1) is 6.81. The summed E-state index contributed by atoms with van der Waals surface area (Å²) in [5.41, 5.74) is 2.19. The number of rotatable bonds is 3. The Balaban J connectivity index is 2.31. The number of nitrogens with zero attached hydrogens (tertiary/aromatic N) is 3. The van der Waals surface area contributed by atoms with Crippen LogP contribution in [-0.4, -0.2) is 22.0 Å². The molecule has 0 saturated carbocycles. The van der Waals surface area contributed by atoms with Crippen LogP contribution in [0.15, 0.2) is 23.0 Å². The third kappa shape index (κ3) is 1.69. The fraction of sp³-hybridized carbons (Fsp3) is 0.333. The molecule has 0 spiro atoms. The molecule has 1 atom stereocenters. The molecule has 0 aliphatic rings. The van der Waals surface area contributed by atoms with Crippen molar-refractivity contribution in [3.63, 3.8) is 0 Å². The van der Waals surface area contributed by atoms with Crippen LogP contribution in [0.1, 0.15) is 17.3 Å². The second kappa shape index (κ2) is 3.89. The fourth-order valence-corrected chi connectivity index (χ4v) is 2.11. The maximum atomic E-state index is 4.10. The molecule has 0 aliphatic heterocycles. The van der Waals surface area contributed by atoms with Crippen molar-refractivity contribution in [2.75, 3.05) is 7.05 Å². The van der Waals surface area contributed by atoms with Gasteiger partial charge < -0.3 is 5.32 Å². The number of hydrogen-bond acceptors (Lipinski definition) is 4. The van der Waals surface area contributed by atoms with Crippen LogP contribution in [0, 0.1) is 0 Å². The number of hydrogen-bond donors (Lipinski definition) is 1. The third-order valence-corrected chi connectivity index (χ3v) is 2.78. The molecule has 1 N–H and O–H groups in total. The van der Waals surface area contributed by atoms with Crippen LogP contribution >= 0.6 is 11.3 Å². The van der Waals surface area contributed by atoms with E-state index in [9.17, 15) is 0 Å². The summed E-state index contributed by atoms with van der Waals surface area (Å²) in [5, 5.41) is 15.4. The van der Waals surface area contributed by atoms with Crippen molar-refractivity contribution >= 4 is 11.3 Å². The lowest BCUT2D eigenvalue weighted by Crippen LogP contribution is -2.17. The van der Waals surface area contributed by atoms with Gasteiger partial charge in [-0.25, -0.2) is 0 Å². The summed E-state index contributed by atoms with van der Waals surface area (Å²) in [4.78, 5) is 0. The molecule has 2 heterocycles. The zero-order valence-electron chi connectivity index (χ0n) is 8.14. The average molecular weight is 208 g/mol. The highest BCUT2D eigenvalue weighted by atomic mass is 32.1. The lowest BCUT2D eigenvalue weighted by atomic mass is 10.1. The number of nitrogens with one attached hydrogen (secondary N) is 1. The van der Waals surface area contributed by atoms with Crippen molar-refractivity contribution in [1.82, 2.24) is 20.3 Å². The number of aromatic nitrogens is 3. The van der Waals surface area contributed by atoms with Crippen molar-refractivity contribution in [3.8, 4) is 0 Å². The summed E-state index contributed by atoms with van der Waals surface area (Å²) in [6.07, 6.45) is 1.93. The zero-order valence-corrected chi connectivity index (χ0v) is 8.95. The lowest BCUT2D eigenvalue weighted by molar-refractivity contribution is 0.666. The molecule has 0 aliphatic carbocycles. The van der Waals surface area contributed by atoms with Crippen molar-refractivity contribution < 1.29 is 0 Å². The van der Waals surface area contributed by atoms with Gasteiger partial charge in [-0.2, -0.15) is 11.3 Å². The van der Waals surface area contributed by atoms with E-state index in [0.29, 0.717) is 0 Å². The molecule has 0 amide bonds. The van der Waals surface area contributed by atoms with Crippen LogP contribution in [0.5, 0.6) is 0 Å². The second-order valence-corrected chi connectivity index (χ2v) is 3.88. The molecule has 4 nitrogen and oxygen atoms in total. The smallest absolute Gasteiger partial charge is 0.104 e. The SMILES string of the molecule is CNC(c1ccsc1)c1cn(C)nn1. The quantitative estimate of drug-likeness (QED) is 0.823. The first-order valence-corrected chi connectivity index (χ1v) is 5.31. The zero-order chi connectivity index (χ0) is 9.97. The van der Waals surface area contributed by atoms with E-state index in [1.54, 1.807) is 16.0 Å². The number of thiophene rings is 1. The Kier molecular flexibility index (Phi) is 2.60. The fourth-order valence-electron chi connectivity index (χ4n) is 1.42. The van der Waals surface area contributed by atoms with Gasteiger partial charge in [0.2, 0.25) is 0 Å². The summed E-state index contributed by atoms with van der Waals surface area (Å²) in [7, 11) is 3.80. The van der Waals surface area contributed by atoms with E-state index >= 15 is 0 Å². The normalized spacial score (nSPS) is 13.0. The van der Waals surface area contributed by atoms with Gasteiger partial charge in [0, 0.05) is 7.05 Å². The molecule has 2 rings (SSSR count). The van der Waals surface area contributed by atoms with Crippen molar-refractivity contribution in [3.05, 3.63) is 34.3 Å². The Labute approximate surface area is 86.6 Å². The van der Waals surface area contributed by atoms with Crippen LogP contribution in [0.2, 0.25) is 0 Å². The van der Waals surface area contributed by atoms with Gasteiger partial charge in [0.25, 0.3) is 0 Å². The molecular formula is C9H12N4S. The average Bonchev–Trinajstić information content (AvgIpc) is 2.79. The molecule has 0 aromatic carbocycles. The van der Waals surface area contributed by atoms with E-state index in [1.807, 2.05) is 20.3 Å². The molecule has 2 aromatic rings. The summed E-state index contributed by atoms with van der Waals surface area (Å²) in [5.74, 6) is 0. The predicted molar refractivity (Wildman–Crippen MR) is 56.2 cm³/mol. The van der Waals surface area contributed by atoms with Crippen molar-refractivity contribution in [2.45, 2.75) is 6.04 Å². The van der Waals surface area contributed by atoms with E-state index in [2.05, 4.69) is 32.5 Å². The standard InChI is InChI=1S/C9H12N4S/c1-10-9(7-3-4-14-6-7)8-5-13(2)12-11-8/h3-6,9-10H,1-2H3. The molecule has 2 aromatic heterocycles. The van der Waals surface area contributed by atoms with Crippen molar-refractivity contribution in [2.24, 2.45) is 7.05 Å². The van der Waals surface area contributed by atoms with E-state index in [1.165, 1.54) is 5.56 Å². The Morgan fingerprint density at radius 1 is 1.57 bits per heavy atom. The number of aryl methyl sites for hydroxylation is 1. The van der Waals surface area contributed by atoms with Gasteiger partial charge in [-0.1, -0.05) is 5.21 Å². The first-order valence-electron chi connectivity index (χ1n) is 4.37. The van der Waals surface area contributed by atoms with Crippen molar-refractivity contribution in [1.29, 1.82) is 0 Å². The van der Waals surface area contributed by atoms with Gasteiger partial charge in [-0.3, -0.25) is 4.68 Å². The molecule has 5 heteroatoms. The monoisotopic (exact) mass is 208 g/mol.